The molecule has 0 aliphatic carbocycles. The van der Waals surface area contributed by atoms with Gasteiger partial charge in [-0.15, -0.1) is 0 Å². The predicted molar refractivity (Wildman–Crippen MR) is 85.6 cm³/mol. The van der Waals surface area contributed by atoms with Crippen molar-refractivity contribution in [3.63, 3.8) is 0 Å². The third-order valence-electron chi connectivity index (χ3n) is 4.18. The van der Waals surface area contributed by atoms with Gasteiger partial charge in [0.2, 0.25) is 0 Å². The minimum atomic E-state index is 0.774. The van der Waals surface area contributed by atoms with E-state index in [1.807, 2.05) is 0 Å². The van der Waals surface area contributed by atoms with E-state index in [2.05, 4.69) is 44.8 Å². The maximum atomic E-state index is 3.59. The molecule has 114 valence electrons. The van der Waals surface area contributed by atoms with E-state index in [1.54, 1.807) is 0 Å². The van der Waals surface area contributed by atoms with E-state index in [-0.39, 0.29) is 0 Å². The SMILES string of the molecule is CCCN(C1CCCNC1)C(CC(C)C)CC(C)C. The Bertz CT molecular complexity index is 209. The zero-order chi connectivity index (χ0) is 14.3. The highest BCUT2D eigenvalue weighted by atomic mass is 15.2. The van der Waals surface area contributed by atoms with Gasteiger partial charge in [0.05, 0.1) is 0 Å². The molecule has 0 saturated carbocycles. The zero-order valence-corrected chi connectivity index (χ0v) is 13.9. The second-order valence-corrected chi connectivity index (χ2v) is 7.15. The van der Waals surface area contributed by atoms with Crippen LogP contribution in [0.15, 0.2) is 0 Å². The van der Waals surface area contributed by atoms with Crippen LogP contribution in [0.5, 0.6) is 0 Å². The molecule has 0 spiro atoms. The minimum Gasteiger partial charge on any atom is -0.315 e. The Labute approximate surface area is 121 Å². The average Bonchev–Trinajstić information content (AvgIpc) is 2.35. The first-order valence-corrected chi connectivity index (χ1v) is 8.51. The summed E-state index contributed by atoms with van der Waals surface area (Å²) in [6.45, 7) is 15.5. The number of rotatable bonds is 8. The molecule has 1 atom stereocenters. The summed E-state index contributed by atoms with van der Waals surface area (Å²) in [6.07, 6.45) is 6.73. The van der Waals surface area contributed by atoms with Gasteiger partial charge in [-0.3, -0.25) is 4.90 Å². The van der Waals surface area contributed by atoms with E-state index >= 15 is 0 Å². The Hall–Kier alpha value is -0.0800. The molecule has 0 aromatic rings. The van der Waals surface area contributed by atoms with Crippen molar-refractivity contribution in [2.75, 3.05) is 19.6 Å². The lowest BCUT2D eigenvalue weighted by atomic mass is 9.91. The van der Waals surface area contributed by atoms with Crippen LogP contribution in [0.3, 0.4) is 0 Å². The summed E-state index contributed by atoms with van der Waals surface area (Å²) in [5.41, 5.74) is 0. The lowest BCUT2D eigenvalue weighted by molar-refractivity contribution is 0.0851. The summed E-state index contributed by atoms with van der Waals surface area (Å²) < 4.78 is 0. The Kier molecular flexibility index (Phi) is 8.01. The molecule has 1 fully saturated rings. The fourth-order valence-corrected chi connectivity index (χ4v) is 3.49. The first-order valence-electron chi connectivity index (χ1n) is 8.51. The fraction of sp³-hybridized carbons (Fsp3) is 1.00. The van der Waals surface area contributed by atoms with Gasteiger partial charge < -0.3 is 5.32 Å². The third-order valence-corrected chi connectivity index (χ3v) is 4.18. The van der Waals surface area contributed by atoms with Gasteiger partial charge in [-0.25, -0.2) is 0 Å². The molecule has 1 rings (SSSR count). The van der Waals surface area contributed by atoms with Crippen molar-refractivity contribution >= 4 is 0 Å². The summed E-state index contributed by atoms with van der Waals surface area (Å²) in [5, 5.41) is 3.59. The molecule has 0 amide bonds. The van der Waals surface area contributed by atoms with Crippen molar-refractivity contribution in [2.24, 2.45) is 11.8 Å². The largest absolute Gasteiger partial charge is 0.315 e. The Morgan fingerprint density at radius 3 is 2.16 bits per heavy atom. The molecular weight excluding hydrogens is 232 g/mol. The van der Waals surface area contributed by atoms with Crippen LogP contribution in [0.4, 0.5) is 0 Å². The smallest absolute Gasteiger partial charge is 0.0224 e. The maximum Gasteiger partial charge on any atom is 0.0224 e. The quantitative estimate of drug-likeness (QED) is 0.718. The Morgan fingerprint density at radius 1 is 1.11 bits per heavy atom. The summed E-state index contributed by atoms with van der Waals surface area (Å²) in [7, 11) is 0. The highest BCUT2D eigenvalue weighted by Gasteiger charge is 2.27. The van der Waals surface area contributed by atoms with Crippen molar-refractivity contribution in [3.05, 3.63) is 0 Å². The highest BCUT2D eigenvalue weighted by molar-refractivity contribution is 4.84. The molecule has 1 aliphatic rings. The number of nitrogens with one attached hydrogen (secondary N) is 1. The Balaban J connectivity index is 2.70. The van der Waals surface area contributed by atoms with Crippen LogP contribution in [0.25, 0.3) is 0 Å². The van der Waals surface area contributed by atoms with E-state index in [9.17, 15) is 0 Å². The molecule has 0 aromatic heterocycles. The molecule has 1 N–H and O–H groups in total. The molecule has 2 nitrogen and oxygen atoms in total. The van der Waals surface area contributed by atoms with Gasteiger partial charge in [0.25, 0.3) is 0 Å². The van der Waals surface area contributed by atoms with E-state index in [4.69, 9.17) is 0 Å². The van der Waals surface area contributed by atoms with Gasteiger partial charge in [0.1, 0.15) is 0 Å². The molecule has 1 unspecified atom stereocenters. The monoisotopic (exact) mass is 268 g/mol. The summed E-state index contributed by atoms with van der Waals surface area (Å²) in [4.78, 5) is 2.84. The van der Waals surface area contributed by atoms with Crippen LogP contribution in [0.2, 0.25) is 0 Å². The van der Waals surface area contributed by atoms with Crippen LogP contribution in [0, 0.1) is 11.8 Å². The normalized spacial score (nSPS) is 21.0. The predicted octanol–water partition coefficient (Wildman–Crippen LogP) is 3.91. The van der Waals surface area contributed by atoms with Crippen molar-refractivity contribution in [3.8, 4) is 0 Å². The highest BCUT2D eigenvalue weighted by Crippen LogP contribution is 2.24. The van der Waals surface area contributed by atoms with Crippen LogP contribution < -0.4 is 5.32 Å². The number of piperidine rings is 1. The van der Waals surface area contributed by atoms with Crippen LogP contribution >= 0.6 is 0 Å². The van der Waals surface area contributed by atoms with Crippen LogP contribution in [0.1, 0.15) is 66.7 Å². The zero-order valence-electron chi connectivity index (χ0n) is 13.9. The second-order valence-electron chi connectivity index (χ2n) is 7.15. The fourth-order valence-electron chi connectivity index (χ4n) is 3.49. The molecule has 0 radical (unpaired) electrons. The van der Waals surface area contributed by atoms with E-state index < -0.39 is 0 Å². The molecule has 1 saturated heterocycles. The molecule has 1 aliphatic heterocycles. The number of nitrogens with zero attached hydrogens (tertiary/aromatic N) is 1. The number of hydrogen-bond acceptors (Lipinski definition) is 2. The van der Waals surface area contributed by atoms with E-state index in [0.29, 0.717) is 0 Å². The summed E-state index contributed by atoms with van der Waals surface area (Å²) in [6, 6.07) is 1.56. The number of hydrogen-bond donors (Lipinski definition) is 1. The lowest BCUT2D eigenvalue weighted by Crippen LogP contribution is -2.51. The van der Waals surface area contributed by atoms with Gasteiger partial charge in [0, 0.05) is 18.6 Å². The van der Waals surface area contributed by atoms with Gasteiger partial charge >= 0.3 is 0 Å². The van der Waals surface area contributed by atoms with Crippen molar-refractivity contribution in [1.82, 2.24) is 10.2 Å². The van der Waals surface area contributed by atoms with Gasteiger partial charge in [-0.2, -0.15) is 0 Å². The molecular formula is C17H36N2. The van der Waals surface area contributed by atoms with Crippen LogP contribution in [-0.4, -0.2) is 36.6 Å². The average molecular weight is 268 g/mol. The molecule has 0 aromatic carbocycles. The van der Waals surface area contributed by atoms with Crippen LogP contribution in [-0.2, 0) is 0 Å². The second kappa shape index (κ2) is 8.97. The van der Waals surface area contributed by atoms with Gasteiger partial charge in [-0.05, 0) is 57.0 Å². The topological polar surface area (TPSA) is 15.3 Å². The maximum absolute atomic E-state index is 3.59. The first kappa shape index (κ1) is 17.0. The van der Waals surface area contributed by atoms with Gasteiger partial charge in [-0.1, -0.05) is 34.6 Å². The summed E-state index contributed by atoms with van der Waals surface area (Å²) >= 11 is 0. The van der Waals surface area contributed by atoms with E-state index in [0.717, 1.165) is 23.9 Å². The van der Waals surface area contributed by atoms with E-state index in [1.165, 1.54) is 51.7 Å². The summed E-state index contributed by atoms with van der Waals surface area (Å²) in [5.74, 6) is 1.61. The lowest BCUT2D eigenvalue weighted by Gasteiger charge is -2.41. The Morgan fingerprint density at radius 2 is 1.74 bits per heavy atom. The minimum absolute atomic E-state index is 0.774. The van der Waals surface area contributed by atoms with Crippen molar-refractivity contribution in [2.45, 2.75) is 78.8 Å². The molecule has 19 heavy (non-hydrogen) atoms. The first-order chi connectivity index (χ1) is 9.04. The van der Waals surface area contributed by atoms with Gasteiger partial charge in [0.15, 0.2) is 0 Å². The standard InChI is InChI=1S/C17H36N2/c1-6-10-19(16-8-7-9-18-13-16)17(11-14(2)3)12-15(4)5/h14-18H,6-13H2,1-5H3. The van der Waals surface area contributed by atoms with Crippen molar-refractivity contribution < 1.29 is 0 Å². The third kappa shape index (κ3) is 6.27. The molecule has 0 bridgehead atoms. The molecule has 2 heteroatoms. The molecule has 1 heterocycles. The van der Waals surface area contributed by atoms with Crippen molar-refractivity contribution in [1.29, 1.82) is 0 Å².